The quantitative estimate of drug-likeness (QED) is 0.869. The van der Waals surface area contributed by atoms with E-state index >= 15 is 0 Å². The van der Waals surface area contributed by atoms with Crippen LogP contribution in [0.25, 0.3) is 0 Å². The number of hydrogen-bond acceptors (Lipinski definition) is 2. The van der Waals surface area contributed by atoms with Crippen molar-refractivity contribution < 1.29 is 4.39 Å². The minimum Gasteiger partial charge on any atom is -0.377 e. The second-order valence-corrected chi connectivity index (χ2v) is 4.06. The fraction of sp³-hybridized carbons (Fsp3) is 0.214. The van der Waals surface area contributed by atoms with Crippen LogP contribution in [0.15, 0.2) is 42.6 Å². The maximum absolute atomic E-state index is 13.1. The summed E-state index contributed by atoms with van der Waals surface area (Å²) in [6, 6.07) is 10.5. The molecular weight excluding hydrogens is 215 g/mol. The van der Waals surface area contributed by atoms with Gasteiger partial charge in [0.2, 0.25) is 0 Å². The van der Waals surface area contributed by atoms with Crippen LogP contribution in [-0.4, -0.2) is 4.98 Å². The van der Waals surface area contributed by atoms with Crippen molar-refractivity contribution in [2.24, 2.45) is 0 Å². The Morgan fingerprint density at radius 1 is 1.24 bits per heavy atom. The predicted octanol–water partition coefficient (Wildman–Crippen LogP) is 3.70. The van der Waals surface area contributed by atoms with E-state index in [0.29, 0.717) is 0 Å². The molecule has 0 aliphatic carbocycles. The Balaban J connectivity index is 2.17. The molecule has 1 atom stereocenters. The molecule has 0 saturated carbocycles. The highest BCUT2D eigenvalue weighted by molar-refractivity contribution is 5.48. The van der Waals surface area contributed by atoms with Crippen LogP contribution in [0.4, 0.5) is 10.1 Å². The van der Waals surface area contributed by atoms with E-state index in [4.69, 9.17) is 0 Å². The van der Waals surface area contributed by atoms with Crippen molar-refractivity contribution in [2.45, 2.75) is 19.9 Å². The van der Waals surface area contributed by atoms with Crippen LogP contribution in [0.5, 0.6) is 0 Å². The van der Waals surface area contributed by atoms with E-state index in [1.54, 1.807) is 18.3 Å². The van der Waals surface area contributed by atoms with Gasteiger partial charge in [-0.2, -0.15) is 0 Å². The van der Waals surface area contributed by atoms with E-state index in [0.717, 1.165) is 16.9 Å². The summed E-state index contributed by atoms with van der Waals surface area (Å²) in [6.07, 6.45) is 1.76. The lowest BCUT2D eigenvalue weighted by Crippen LogP contribution is -2.08. The van der Waals surface area contributed by atoms with Crippen LogP contribution in [-0.2, 0) is 0 Å². The number of nitrogens with one attached hydrogen (secondary N) is 1. The van der Waals surface area contributed by atoms with Crippen LogP contribution in [0.2, 0.25) is 0 Å². The Bertz CT molecular complexity index is 511. The van der Waals surface area contributed by atoms with Crippen molar-refractivity contribution >= 4 is 5.69 Å². The highest BCUT2D eigenvalue weighted by Gasteiger charge is 2.07. The van der Waals surface area contributed by atoms with Gasteiger partial charge in [-0.15, -0.1) is 0 Å². The molecule has 2 rings (SSSR count). The fourth-order valence-electron chi connectivity index (χ4n) is 1.73. The molecule has 2 aromatic rings. The molecule has 0 amide bonds. The van der Waals surface area contributed by atoms with Crippen molar-refractivity contribution in [1.82, 2.24) is 4.98 Å². The summed E-state index contributed by atoms with van der Waals surface area (Å²) in [5.74, 6) is -0.209. The first-order valence-corrected chi connectivity index (χ1v) is 5.60. The summed E-state index contributed by atoms with van der Waals surface area (Å²) < 4.78 is 13.1. The Morgan fingerprint density at radius 3 is 2.76 bits per heavy atom. The molecule has 3 heteroatoms. The zero-order chi connectivity index (χ0) is 12.3. The molecule has 0 aliphatic rings. The van der Waals surface area contributed by atoms with Crippen molar-refractivity contribution in [1.29, 1.82) is 0 Å². The molecule has 88 valence electrons. The Morgan fingerprint density at radius 2 is 2.06 bits per heavy atom. The van der Waals surface area contributed by atoms with Gasteiger partial charge in [0, 0.05) is 12.2 Å². The average Bonchev–Trinajstić information content (AvgIpc) is 2.32. The molecule has 0 bridgehead atoms. The van der Waals surface area contributed by atoms with Gasteiger partial charge < -0.3 is 5.32 Å². The molecule has 1 heterocycles. The lowest BCUT2D eigenvalue weighted by atomic mass is 10.1. The van der Waals surface area contributed by atoms with Gasteiger partial charge in [0.25, 0.3) is 0 Å². The second kappa shape index (κ2) is 4.95. The van der Waals surface area contributed by atoms with Gasteiger partial charge in [-0.1, -0.05) is 12.1 Å². The van der Waals surface area contributed by atoms with Crippen LogP contribution in [0.3, 0.4) is 0 Å². The first-order valence-electron chi connectivity index (χ1n) is 5.60. The fourth-order valence-corrected chi connectivity index (χ4v) is 1.73. The number of rotatable bonds is 3. The normalized spacial score (nSPS) is 12.2. The number of halogens is 1. The third-order valence-electron chi connectivity index (χ3n) is 2.73. The van der Waals surface area contributed by atoms with Gasteiger partial charge in [-0.25, -0.2) is 4.39 Å². The van der Waals surface area contributed by atoms with Gasteiger partial charge in [-0.05, 0) is 43.7 Å². The molecule has 0 aliphatic heterocycles. The first kappa shape index (κ1) is 11.6. The van der Waals surface area contributed by atoms with Crippen LogP contribution < -0.4 is 5.32 Å². The van der Waals surface area contributed by atoms with E-state index in [9.17, 15) is 4.39 Å². The summed E-state index contributed by atoms with van der Waals surface area (Å²) >= 11 is 0. The summed E-state index contributed by atoms with van der Waals surface area (Å²) in [4.78, 5) is 4.21. The zero-order valence-electron chi connectivity index (χ0n) is 9.94. The second-order valence-electron chi connectivity index (χ2n) is 4.06. The number of nitrogens with zero attached hydrogens (tertiary/aromatic N) is 1. The summed E-state index contributed by atoms with van der Waals surface area (Å²) in [5.41, 5.74) is 2.84. The first-order chi connectivity index (χ1) is 8.16. The van der Waals surface area contributed by atoms with Gasteiger partial charge in [0.05, 0.1) is 11.4 Å². The molecule has 0 spiro atoms. The number of pyridine rings is 1. The van der Waals surface area contributed by atoms with E-state index in [1.807, 2.05) is 32.0 Å². The lowest BCUT2D eigenvalue weighted by molar-refractivity contribution is 0.623. The van der Waals surface area contributed by atoms with Crippen molar-refractivity contribution in [3.8, 4) is 0 Å². The third-order valence-corrected chi connectivity index (χ3v) is 2.73. The van der Waals surface area contributed by atoms with E-state index in [-0.39, 0.29) is 11.9 Å². The van der Waals surface area contributed by atoms with Crippen molar-refractivity contribution in [2.75, 3.05) is 5.32 Å². The Kier molecular flexibility index (Phi) is 3.38. The number of anilines is 1. The summed E-state index contributed by atoms with van der Waals surface area (Å²) in [5, 5.41) is 3.32. The standard InChI is InChI=1S/C14H15FN2/c1-10(12-5-3-6-13(15)9-12)17-14-7-4-8-16-11(14)2/h3-10,17H,1-2H3. The van der Waals surface area contributed by atoms with Gasteiger partial charge in [-0.3, -0.25) is 4.98 Å². The predicted molar refractivity (Wildman–Crippen MR) is 67.4 cm³/mol. The highest BCUT2D eigenvalue weighted by Crippen LogP contribution is 2.21. The molecule has 0 fully saturated rings. The molecule has 0 radical (unpaired) electrons. The van der Waals surface area contributed by atoms with Crippen LogP contribution in [0, 0.1) is 12.7 Å². The van der Waals surface area contributed by atoms with E-state index in [2.05, 4.69) is 10.3 Å². The lowest BCUT2D eigenvalue weighted by Gasteiger charge is -2.16. The topological polar surface area (TPSA) is 24.9 Å². The van der Waals surface area contributed by atoms with Crippen molar-refractivity contribution in [3.63, 3.8) is 0 Å². The smallest absolute Gasteiger partial charge is 0.123 e. The minimum atomic E-state index is -0.209. The maximum Gasteiger partial charge on any atom is 0.123 e. The number of aryl methyl sites for hydroxylation is 1. The van der Waals surface area contributed by atoms with Gasteiger partial charge in [0.15, 0.2) is 0 Å². The van der Waals surface area contributed by atoms with Crippen LogP contribution in [0.1, 0.15) is 24.2 Å². The SMILES string of the molecule is Cc1ncccc1NC(C)c1cccc(F)c1. The molecule has 0 saturated heterocycles. The Hall–Kier alpha value is -1.90. The number of aromatic nitrogens is 1. The largest absolute Gasteiger partial charge is 0.377 e. The maximum atomic E-state index is 13.1. The van der Waals surface area contributed by atoms with Crippen molar-refractivity contribution in [3.05, 3.63) is 59.7 Å². The molecule has 17 heavy (non-hydrogen) atoms. The van der Waals surface area contributed by atoms with E-state index in [1.165, 1.54) is 6.07 Å². The molecule has 1 N–H and O–H groups in total. The monoisotopic (exact) mass is 230 g/mol. The van der Waals surface area contributed by atoms with Gasteiger partial charge in [0.1, 0.15) is 5.82 Å². The average molecular weight is 230 g/mol. The number of hydrogen-bond donors (Lipinski definition) is 1. The molecule has 1 aromatic heterocycles. The van der Waals surface area contributed by atoms with Gasteiger partial charge >= 0.3 is 0 Å². The molecule has 1 aromatic carbocycles. The van der Waals surface area contributed by atoms with Crippen LogP contribution >= 0.6 is 0 Å². The molecule has 2 nitrogen and oxygen atoms in total. The zero-order valence-corrected chi connectivity index (χ0v) is 9.94. The Labute approximate surface area is 101 Å². The summed E-state index contributed by atoms with van der Waals surface area (Å²) in [7, 11) is 0. The molecule has 1 unspecified atom stereocenters. The minimum absolute atomic E-state index is 0.0496. The summed E-state index contributed by atoms with van der Waals surface area (Å²) in [6.45, 7) is 3.95. The highest BCUT2D eigenvalue weighted by atomic mass is 19.1. The molecular formula is C14H15FN2. The number of benzene rings is 1. The van der Waals surface area contributed by atoms with E-state index < -0.39 is 0 Å². The third kappa shape index (κ3) is 2.81.